The van der Waals surface area contributed by atoms with Crippen LogP contribution in [0.3, 0.4) is 0 Å². The van der Waals surface area contributed by atoms with Gasteiger partial charge in [-0.2, -0.15) is 0 Å². The molecule has 0 radical (unpaired) electrons. The summed E-state index contributed by atoms with van der Waals surface area (Å²) in [6, 6.07) is 5.19. The number of benzene rings is 1. The summed E-state index contributed by atoms with van der Waals surface area (Å²) in [6.07, 6.45) is 4.94. The molecular weight excluding hydrogens is 308 g/mol. The number of methoxy groups -OCH3 is 1. The molecule has 0 aliphatic heterocycles. The Morgan fingerprint density at radius 3 is 2.62 bits per heavy atom. The third-order valence-electron chi connectivity index (χ3n) is 4.01. The van der Waals surface area contributed by atoms with Crippen molar-refractivity contribution in [3.05, 3.63) is 23.8 Å². The number of hydrogen-bond acceptors (Lipinski definition) is 5. The molecule has 1 aromatic carbocycles. The van der Waals surface area contributed by atoms with E-state index in [4.69, 9.17) is 9.47 Å². The first-order valence-electron chi connectivity index (χ1n) is 8.67. The monoisotopic (exact) mass is 338 g/mol. The molecule has 0 aromatic heterocycles. The van der Waals surface area contributed by atoms with Gasteiger partial charge in [-0.15, -0.1) is 0 Å². The molecule has 5 heteroatoms. The Kier molecular flexibility index (Phi) is 9.23. The number of carbonyl (C=O) groups is 1. The highest BCUT2D eigenvalue weighted by Crippen LogP contribution is 2.27. The second-order valence-electron chi connectivity index (χ2n) is 6.16. The van der Waals surface area contributed by atoms with E-state index in [1.165, 1.54) is 14.0 Å². The average Bonchev–Trinajstić information content (AvgIpc) is 2.53. The van der Waals surface area contributed by atoms with Crippen molar-refractivity contribution in [3.8, 4) is 11.5 Å². The minimum Gasteiger partial charge on any atom is -0.504 e. The molecule has 0 saturated carbocycles. The predicted octanol–water partition coefficient (Wildman–Crippen LogP) is 3.60. The van der Waals surface area contributed by atoms with Crippen LogP contribution >= 0.6 is 0 Å². The molecular formula is C19H30O5. The molecule has 0 fully saturated rings. The fourth-order valence-electron chi connectivity index (χ4n) is 2.72. The van der Waals surface area contributed by atoms with Crippen LogP contribution in [0.15, 0.2) is 18.2 Å². The Morgan fingerprint density at radius 2 is 2.00 bits per heavy atom. The Bertz CT molecular complexity index is 501. The minimum atomic E-state index is -0.449. The van der Waals surface area contributed by atoms with E-state index in [1.807, 2.05) is 6.07 Å². The second kappa shape index (κ2) is 10.9. The highest BCUT2D eigenvalue weighted by Gasteiger charge is 2.17. The lowest BCUT2D eigenvalue weighted by Crippen LogP contribution is -2.23. The lowest BCUT2D eigenvalue weighted by Gasteiger charge is -2.20. The third-order valence-corrected chi connectivity index (χ3v) is 4.01. The number of aliphatic hydroxyl groups is 1. The minimum absolute atomic E-state index is 0.101. The van der Waals surface area contributed by atoms with Crippen LogP contribution in [0.2, 0.25) is 0 Å². The molecule has 1 rings (SSSR count). The van der Waals surface area contributed by atoms with Crippen molar-refractivity contribution >= 4 is 5.97 Å². The van der Waals surface area contributed by atoms with Crippen LogP contribution in [0, 0.1) is 0 Å². The zero-order valence-electron chi connectivity index (χ0n) is 15.0. The number of hydrogen-bond donors (Lipinski definition) is 2. The third kappa shape index (κ3) is 7.68. The van der Waals surface area contributed by atoms with Gasteiger partial charge in [-0.3, -0.25) is 4.79 Å². The summed E-state index contributed by atoms with van der Waals surface area (Å²) >= 11 is 0. The van der Waals surface area contributed by atoms with Gasteiger partial charge in [-0.25, -0.2) is 0 Å². The number of phenolic OH excluding ortho intramolecular Hbond substituents is 1. The molecule has 136 valence electrons. The van der Waals surface area contributed by atoms with E-state index < -0.39 is 6.10 Å². The van der Waals surface area contributed by atoms with Gasteiger partial charge in [-0.05, 0) is 37.0 Å². The van der Waals surface area contributed by atoms with Crippen LogP contribution < -0.4 is 4.74 Å². The maximum absolute atomic E-state index is 11.3. The Morgan fingerprint density at radius 1 is 1.25 bits per heavy atom. The van der Waals surface area contributed by atoms with Crippen molar-refractivity contribution in [2.45, 2.75) is 71.0 Å². The lowest BCUT2D eigenvalue weighted by atomic mass is 9.99. The Hall–Kier alpha value is -1.75. The molecule has 0 spiro atoms. The standard InChI is InChI=1S/C19H30O5/c1-4-5-6-7-16(21)13-17(24-14(2)20)10-8-15-9-11-18(22)19(12-15)23-3/h9,11-12,16-17,21-22H,4-8,10,13H2,1-3H3. The van der Waals surface area contributed by atoms with Crippen molar-refractivity contribution in [3.63, 3.8) is 0 Å². The number of aryl methyl sites for hydroxylation is 1. The van der Waals surface area contributed by atoms with E-state index in [-0.39, 0.29) is 17.8 Å². The summed E-state index contributed by atoms with van der Waals surface area (Å²) in [5, 5.41) is 19.8. The molecule has 0 heterocycles. The summed E-state index contributed by atoms with van der Waals surface area (Å²) in [5.74, 6) is 0.198. The van der Waals surface area contributed by atoms with E-state index in [9.17, 15) is 15.0 Å². The van der Waals surface area contributed by atoms with E-state index in [0.717, 1.165) is 31.2 Å². The van der Waals surface area contributed by atoms with Crippen molar-refractivity contribution in [2.75, 3.05) is 7.11 Å². The van der Waals surface area contributed by atoms with Crippen LogP contribution in [-0.2, 0) is 16.0 Å². The summed E-state index contributed by atoms with van der Waals surface area (Å²) in [7, 11) is 1.51. The SMILES string of the molecule is CCCCCC(O)CC(CCc1ccc(O)c(OC)c1)OC(C)=O. The molecule has 0 amide bonds. The zero-order valence-corrected chi connectivity index (χ0v) is 15.0. The van der Waals surface area contributed by atoms with Gasteiger partial charge in [0.05, 0.1) is 13.2 Å². The number of rotatable bonds is 11. The molecule has 1 aromatic rings. The smallest absolute Gasteiger partial charge is 0.302 e. The number of carbonyl (C=O) groups excluding carboxylic acids is 1. The maximum atomic E-state index is 11.3. The van der Waals surface area contributed by atoms with Crippen LogP contribution in [0.1, 0.15) is 57.9 Å². The Labute approximate surface area is 144 Å². The molecule has 2 atom stereocenters. The lowest BCUT2D eigenvalue weighted by molar-refractivity contribution is -0.148. The molecule has 2 N–H and O–H groups in total. The second-order valence-corrected chi connectivity index (χ2v) is 6.16. The van der Waals surface area contributed by atoms with Gasteiger partial charge >= 0.3 is 5.97 Å². The number of aromatic hydroxyl groups is 1. The van der Waals surface area contributed by atoms with Crippen LogP contribution in [0.5, 0.6) is 11.5 Å². The summed E-state index contributed by atoms with van der Waals surface area (Å²) in [6.45, 7) is 3.51. The topological polar surface area (TPSA) is 76.0 Å². The number of esters is 1. The van der Waals surface area contributed by atoms with Crippen LogP contribution in [0.4, 0.5) is 0 Å². The number of aliphatic hydroxyl groups excluding tert-OH is 1. The van der Waals surface area contributed by atoms with Gasteiger partial charge in [0, 0.05) is 13.3 Å². The summed E-state index contributed by atoms with van der Waals surface area (Å²) in [4.78, 5) is 11.3. The Balaban J connectivity index is 2.57. The van der Waals surface area contributed by atoms with Crippen molar-refractivity contribution < 1.29 is 24.5 Å². The first kappa shape index (κ1) is 20.3. The number of unbranched alkanes of at least 4 members (excludes halogenated alkanes) is 2. The normalized spacial score (nSPS) is 13.3. The molecule has 0 bridgehead atoms. The van der Waals surface area contributed by atoms with Crippen molar-refractivity contribution in [1.29, 1.82) is 0 Å². The van der Waals surface area contributed by atoms with Crippen LogP contribution in [0.25, 0.3) is 0 Å². The summed E-state index contributed by atoms with van der Waals surface area (Å²) < 4.78 is 10.5. The van der Waals surface area contributed by atoms with E-state index in [0.29, 0.717) is 25.0 Å². The molecule has 0 saturated heterocycles. The summed E-state index contributed by atoms with van der Waals surface area (Å²) in [5.41, 5.74) is 0.988. The van der Waals surface area contributed by atoms with Gasteiger partial charge in [-0.1, -0.05) is 32.3 Å². The molecule has 0 aliphatic carbocycles. The predicted molar refractivity (Wildman–Crippen MR) is 93.3 cm³/mol. The van der Waals surface area contributed by atoms with E-state index >= 15 is 0 Å². The molecule has 5 nitrogen and oxygen atoms in total. The highest BCUT2D eigenvalue weighted by molar-refractivity contribution is 5.66. The molecule has 24 heavy (non-hydrogen) atoms. The van der Waals surface area contributed by atoms with E-state index in [2.05, 4.69) is 6.92 Å². The fourth-order valence-corrected chi connectivity index (χ4v) is 2.72. The first-order valence-corrected chi connectivity index (χ1v) is 8.67. The van der Waals surface area contributed by atoms with E-state index in [1.54, 1.807) is 12.1 Å². The zero-order chi connectivity index (χ0) is 17.9. The van der Waals surface area contributed by atoms with Gasteiger partial charge in [0.2, 0.25) is 0 Å². The quantitative estimate of drug-likeness (QED) is 0.476. The number of ether oxygens (including phenoxy) is 2. The maximum Gasteiger partial charge on any atom is 0.302 e. The van der Waals surface area contributed by atoms with Gasteiger partial charge in [0.1, 0.15) is 6.10 Å². The largest absolute Gasteiger partial charge is 0.504 e. The van der Waals surface area contributed by atoms with Gasteiger partial charge in [0.15, 0.2) is 11.5 Å². The molecule has 2 unspecified atom stereocenters. The first-order chi connectivity index (χ1) is 11.5. The molecule has 0 aliphatic rings. The highest BCUT2D eigenvalue weighted by atomic mass is 16.5. The van der Waals surface area contributed by atoms with Crippen molar-refractivity contribution in [1.82, 2.24) is 0 Å². The average molecular weight is 338 g/mol. The number of phenols is 1. The van der Waals surface area contributed by atoms with Gasteiger partial charge in [0.25, 0.3) is 0 Å². The van der Waals surface area contributed by atoms with Gasteiger partial charge < -0.3 is 19.7 Å². The van der Waals surface area contributed by atoms with Crippen LogP contribution in [-0.4, -0.2) is 35.5 Å². The van der Waals surface area contributed by atoms with Crippen molar-refractivity contribution in [2.24, 2.45) is 0 Å². The fraction of sp³-hybridized carbons (Fsp3) is 0.632.